The summed E-state index contributed by atoms with van der Waals surface area (Å²) in [7, 11) is 0. The molecule has 0 atom stereocenters. The summed E-state index contributed by atoms with van der Waals surface area (Å²) in [4.78, 5) is 0. The maximum atomic E-state index is 5.77. The van der Waals surface area contributed by atoms with E-state index in [0.717, 1.165) is 12.4 Å². The molecule has 1 fully saturated rings. The summed E-state index contributed by atoms with van der Waals surface area (Å²) in [5.74, 6) is 0.778. The first-order valence-electron chi connectivity index (χ1n) is 4.58. The predicted molar refractivity (Wildman–Crippen MR) is 56.7 cm³/mol. The van der Waals surface area contributed by atoms with Crippen LogP contribution in [-0.4, -0.2) is 20.8 Å². The molecule has 0 aromatic carbocycles. The van der Waals surface area contributed by atoms with Crippen LogP contribution < -0.4 is 5.73 Å². The van der Waals surface area contributed by atoms with Crippen LogP contribution in [0.1, 0.15) is 19.3 Å². The van der Waals surface area contributed by atoms with Crippen LogP contribution in [0.25, 0.3) is 0 Å². The molecular formula is C9H15N3S. The number of nitrogens with zero attached hydrogens (tertiary/aromatic N) is 2. The van der Waals surface area contributed by atoms with Gasteiger partial charge in [-0.15, -0.1) is 0 Å². The largest absolute Gasteiger partial charge is 0.384 e. The molecule has 2 rings (SSSR count). The highest BCUT2D eigenvalue weighted by molar-refractivity contribution is 8.00. The summed E-state index contributed by atoms with van der Waals surface area (Å²) >= 11 is 1.95. The molecule has 13 heavy (non-hydrogen) atoms. The summed E-state index contributed by atoms with van der Waals surface area (Å²) in [6.45, 7) is 0.965. The van der Waals surface area contributed by atoms with Crippen LogP contribution in [0.15, 0.2) is 12.3 Å². The van der Waals surface area contributed by atoms with E-state index in [-0.39, 0.29) is 0 Å². The third kappa shape index (κ3) is 1.55. The number of nitrogens with two attached hydrogens (primary N) is 1. The highest BCUT2D eigenvalue weighted by atomic mass is 32.2. The van der Waals surface area contributed by atoms with Gasteiger partial charge in [0.2, 0.25) is 0 Å². The van der Waals surface area contributed by atoms with Crippen LogP contribution in [0.3, 0.4) is 0 Å². The second kappa shape index (κ2) is 3.25. The van der Waals surface area contributed by atoms with E-state index in [4.69, 9.17) is 5.73 Å². The highest BCUT2D eigenvalue weighted by Gasteiger charge is 2.36. The van der Waals surface area contributed by atoms with Gasteiger partial charge in [-0.3, -0.25) is 0 Å². The van der Waals surface area contributed by atoms with E-state index in [9.17, 15) is 0 Å². The molecule has 1 aliphatic carbocycles. The van der Waals surface area contributed by atoms with Crippen molar-refractivity contribution in [1.29, 1.82) is 0 Å². The molecule has 2 N–H and O–H groups in total. The van der Waals surface area contributed by atoms with E-state index in [1.165, 1.54) is 19.3 Å². The minimum absolute atomic E-state index is 0.417. The Kier molecular flexibility index (Phi) is 2.24. The van der Waals surface area contributed by atoms with Gasteiger partial charge in [-0.25, -0.2) is 4.68 Å². The van der Waals surface area contributed by atoms with E-state index < -0.39 is 0 Å². The molecule has 0 unspecified atom stereocenters. The highest BCUT2D eigenvalue weighted by Crippen LogP contribution is 2.44. The van der Waals surface area contributed by atoms with Crippen molar-refractivity contribution in [3.05, 3.63) is 12.3 Å². The molecule has 1 aromatic heterocycles. The average molecular weight is 197 g/mol. The van der Waals surface area contributed by atoms with Gasteiger partial charge < -0.3 is 5.73 Å². The molecule has 0 saturated heterocycles. The molecule has 0 aliphatic heterocycles. The van der Waals surface area contributed by atoms with Gasteiger partial charge >= 0.3 is 0 Å². The zero-order chi connectivity index (χ0) is 9.31. The second-order valence-corrected chi connectivity index (χ2v) is 4.93. The minimum atomic E-state index is 0.417. The first-order chi connectivity index (χ1) is 6.26. The lowest BCUT2D eigenvalue weighted by molar-refractivity contribution is 0.312. The van der Waals surface area contributed by atoms with Crippen molar-refractivity contribution in [2.24, 2.45) is 0 Å². The van der Waals surface area contributed by atoms with Crippen molar-refractivity contribution in [2.45, 2.75) is 30.6 Å². The molecule has 4 heteroatoms. The lowest BCUT2D eigenvalue weighted by Gasteiger charge is -2.40. The van der Waals surface area contributed by atoms with Crippen molar-refractivity contribution >= 4 is 17.6 Å². The number of nitrogen functional groups attached to an aromatic ring is 1. The van der Waals surface area contributed by atoms with Crippen molar-refractivity contribution in [1.82, 2.24) is 9.78 Å². The monoisotopic (exact) mass is 197 g/mol. The van der Waals surface area contributed by atoms with E-state index in [1.807, 2.05) is 22.5 Å². The molecule has 0 spiro atoms. The number of hydrogen-bond donors (Lipinski definition) is 1. The minimum Gasteiger partial charge on any atom is -0.384 e. The summed E-state index contributed by atoms with van der Waals surface area (Å²) in [5, 5.41) is 4.21. The number of thioether (sulfide) groups is 1. The normalized spacial score (nSPS) is 19.8. The van der Waals surface area contributed by atoms with Crippen LogP contribution in [0, 0.1) is 0 Å². The van der Waals surface area contributed by atoms with Gasteiger partial charge in [0.15, 0.2) is 0 Å². The van der Waals surface area contributed by atoms with Gasteiger partial charge in [0.1, 0.15) is 5.82 Å². The van der Waals surface area contributed by atoms with Crippen molar-refractivity contribution in [2.75, 3.05) is 12.0 Å². The lowest BCUT2D eigenvalue weighted by Crippen LogP contribution is -2.38. The second-order valence-electron chi connectivity index (χ2n) is 3.65. The zero-order valence-electron chi connectivity index (χ0n) is 7.86. The zero-order valence-corrected chi connectivity index (χ0v) is 8.68. The summed E-state index contributed by atoms with van der Waals surface area (Å²) < 4.78 is 2.33. The Labute approximate surface area is 82.7 Å². The lowest BCUT2D eigenvalue weighted by atomic mass is 9.84. The Morgan fingerprint density at radius 2 is 2.46 bits per heavy atom. The summed E-state index contributed by atoms with van der Waals surface area (Å²) in [6, 6.07) is 1.85. The van der Waals surface area contributed by atoms with Crippen LogP contribution in [0.4, 0.5) is 5.82 Å². The van der Waals surface area contributed by atoms with Gasteiger partial charge in [0.25, 0.3) is 0 Å². The fraction of sp³-hybridized carbons (Fsp3) is 0.667. The first kappa shape index (κ1) is 8.94. The Morgan fingerprint density at radius 1 is 1.69 bits per heavy atom. The van der Waals surface area contributed by atoms with Gasteiger partial charge in [-0.2, -0.15) is 16.9 Å². The SMILES string of the molecule is CSC1(Cn2nccc2N)CCC1. The molecule has 0 radical (unpaired) electrons. The Bertz CT molecular complexity index is 285. The molecule has 3 nitrogen and oxygen atoms in total. The van der Waals surface area contributed by atoms with Crippen molar-refractivity contribution < 1.29 is 0 Å². The molecule has 1 aromatic rings. The van der Waals surface area contributed by atoms with E-state index in [1.54, 1.807) is 6.20 Å². The van der Waals surface area contributed by atoms with Crippen LogP contribution in [0.2, 0.25) is 0 Å². The topological polar surface area (TPSA) is 43.8 Å². The third-order valence-corrected chi connectivity index (χ3v) is 4.29. The first-order valence-corrected chi connectivity index (χ1v) is 5.81. The number of anilines is 1. The van der Waals surface area contributed by atoms with Crippen LogP contribution in [-0.2, 0) is 6.54 Å². The fourth-order valence-electron chi connectivity index (χ4n) is 1.75. The Morgan fingerprint density at radius 3 is 2.85 bits per heavy atom. The predicted octanol–water partition coefficient (Wildman–Crippen LogP) is 1.75. The summed E-state index contributed by atoms with van der Waals surface area (Å²) in [5.41, 5.74) is 5.77. The number of aromatic nitrogens is 2. The van der Waals surface area contributed by atoms with Crippen LogP contribution in [0.5, 0.6) is 0 Å². The number of hydrogen-bond acceptors (Lipinski definition) is 3. The van der Waals surface area contributed by atoms with Gasteiger partial charge in [-0.05, 0) is 25.2 Å². The van der Waals surface area contributed by atoms with Crippen molar-refractivity contribution in [3.8, 4) is 0 Å². The van der Waals surface area contributed by atoms with Crippen LogP contribution >= 0.6 is 11.8 Å². The smallest absolute Gasteiger partial charge is 0.121 e. The van der Waals surface area contributed by atoms with E-state index >= 15 is 0 Å². The van der Waals surface area contributed by atoms with E-state index in [2.05, 4.69) is 11.4 Å². The maximum Gasteiger partial charge on any atom is 0.121 e. The Balaban J connectivity index is 2.08. The molecular weight excluding hydrogens is 182 g/mol. The maximum absolute atomic E-state index is 5.77. The Hall–Kier alpha value is -0.640. The average Bonchev–Trinajstić information content (AvgIpc) is 2.44. The molecule has 0 bridgehead atoms. The molecule has 0 amide bonds. The number of rotatable bonds is 3. The standard InChI is InChI=1S/C9H15N3S/c1-13-9(4-2-5-9)7-12-8(10)3-6-11-12/h3,6H,2,4-5,7,10H2,1H3. The van der Waals surface area contributed by atoms with Gasteiger partial charge in [0.05, 0.1) is 12.7 Å². The van der Waals surface area contributed by atoms with Gasteiger partial charge in [-0.1, -0.05) is 6.42 Å². The summed E-state index contributed by atoms with van der Waals surface area (Å²) in [6.07, 6.45) is 7.89. The molecule has 1 aliphatic rings. The van der Waals surface area contributed by atoms with Gasteiger partial charge in [0, 0.05) is 4.75 Å². The van der Waals surface area contributed by atoms with E-state index in [0.29, 0.717) is 4.75 Å². The quantitative estimate of drug-likeness (QED) is 0.803. The molecule has 72 valence electrons. The molecule has 1 heterocycles. The van der Waals surface area contributed by atoms with Crippen molar-refractivity contribution in [3.63, 3.8) is 0 Å². The third-order valence-electron chi connectivity index (χ3n) is 2.89. The fourth-order valence-corrected chi connectivity index (χ4v) is 2.69. The molecule has 1 saturated carbocycles.